The molecular weight excluding hydrogens is 336 g/mol. The number of carboxylic acid groups (broad SMARTS) is 1. The number of carbonyl (C=O) groups is 2. The molecule has 2 rings (SSSR count). The Hall–Kier alpha value is -1.56. The van der Waals surface area contributed by atoms with E-state index in [1.165, 1.54) is 0 Å². The van der Waals surface area contributed by atoms with Gasteiger partial charge >= 0.3 is 12.0 Å². The van der Waals surface area contributed by atoms with E-state index in [2.05, 4.69) is 21.2 Å². The standard InChI is InChI=1S/C15H19BrN2O3/c1-10-4-5-12(11(16)8-10)17-14(21)18-7-3-6-15(2,9-18)13(19)20/h4-5,8H,3,6-7,9H2,1-2H3,(H,17,21)(H,19,20). The summed E-state index contributed by atoms with van der Waals surface area (Å²) in [5, 5.41) is 12.1. The number of anilines is 1. The molecule has 0 saturated carbocycles. The molecule has 1 aliphatic heterocycles. The van der Waals surface area contributed by atoms with Crippen LogP contribution >= 0.6 is 15.9 Å². The first-order valence-electron chi connectivity index (χ1n) is 6.87. The van der Waals surface area contributed by atoms with Gasteiger partial charge in [-0.15, -0.1) is 0 Å². The summed E-state index contributed by atoms with van der Waals surface area (Å²) >= 11 is 3.42. The number of likely N-dealkylation sites (tertiary alicyclic amines) is 1. The molecule has 1 aliphatic rings. The van der Waals surface area contributed by atoms with Crippen LogP contribution in [0.4, 0.5) is 10.5 Å². The molecule has 1 fully saturated rings. The van der Waals surface area contributed by atoms with Gasteiger partial charge in [0, 0.05) is 17.6 Å². The van der Waals surface area contributed by atoms with E-state index in [4.69, 9.17) is 0 Å². The molecule has 1 heterocycles. The van der Waals surface area contributed by atoms with Gasteiger partial charge in [-0.3, -0.25) is 4.79 Å². The second-order valence-corrected chi connectivity index (χ2v) is 6.66. The van der Waals surface area contributed by atoms with Crippen LogP contribution in [0.25, 0.3) is 0 Å². The largest absolute Gasteiger partial charge is 0.481 e. The lowest BCUT2D eigenvalue weighted by Gasteiger charge is -2.37. The van der Waals surface area contributed by atoms with Crippen LogP contribution in [0, 0.1) is 12.3 Å². The molecule has 1 unspecified atom stereocenters. The number of amides is 2. The van der Waals surface area contributed by atoms with E-state index in [0.717, 1.165) is 10.0 Å². The highest BCUT2D eigenvalue weighted by atomic mass is 79.9. The topological polar surface area (TPSA) is 69.6 Å². The Labute approximate surface area is 132 Å². The van der Waals surface area contributed by atoms with Crippen molar-refractivity contribution in [3.63, 3.8) is 0 Å². The average molecular weight is 355 g/mol. The smallest absolute Gasteiger partial charge is 0.321 e. The molecule has 2 N–H and O–H groups in total. The van der Waals surface area contributed by atoms with Gasteiger partial charge in [0.2, 0.25) is 0 Å². The monoisotopic (exact) mass is 354 g/mol. The fourth-order valence-corrected chi connectivity index (χ4v) is 3.10. The summed E-state index contributed by atoms with van der Waals surface area (Å²) in [5.41, 5.74) is 0.921. The van der Waals surface area contributed by atoms with Crippen LogP contribution in [-0.4, -0.2) is 35.1 Å². The quantitative estimate of drug-likeness (QED) is 0.853. The van der Waals surface area contributed by atoms with Crippen molar-refractivity contribution in [3.05, 3.63) is 28.2 Å². The van der Waals surface area contributed by atoms with Gasteiger partial charge in [0.15, 0.2) is 0 Å². The van der Waals surface area contributed by atoms with Crippen molar-refractivity contribution < 1.29 is 14.7 Å². The van der Waals surface area contributed by atoms with E-state index in [0.29, 0.717) is 25.1 Å². The van der Waals surface area contributed by atoms with Crippen LogP contribution in [0.2, 0.25) is 0 Å². The molecule has 0 aliphatic carbocycles. The van der Waals surface area contributed by atoms with Gasteiger partial charge in [-0.05, 0) is 60.3 Å². The second-order valence-electron chi connectivity index (χ2n) is 5.80. The Morgan fingerprint density at radius 3 is 2.76 bits per heavy atom. The number of piperidine rings is 1. The Kier molecular flexibility index (Phi) is 4.56. The van der Waals surface area contributed by atoms with Gasteiger partial charge in [-0.2, -0.15) is 0 Å². The van der Waals surface area contributed by atoms with Gasteiger partial charge in [0.05, 0.1) is 11.1 Å². The zero-order chi connectivity index (χ0) is 15.6. The van der Waals surface area contributed by atoms with E-state index < -0.39 is 11.4 Å². The number of carboxylic acids is 1. The molecule has 6 heteroatoms. The van der Waals surface area contributed by atoms with E-state index in [1.54, 1.807) is 11.8 Å². The van der Waals surface area contributed by atoms with E-state index >= 15 is 0 Å². The highest BCUT2D eigenvalue weighted by Gasteiger charge is 2.39. The molecule has 5 nitrogen and oxygen atoms in total. The van der Waals surface area contributed by atoms with Gasteiger partial charge in [-0.25, -0.2) is 4.79 Å². The third-order valence-corrected chi connectivity index (χ3v) is 4.52. The van der Waals surface area contributed by atoms with Gasteiger partial charge in [-0.1, -0.05) is 6.07 Å². The van der Waals surface area contributed by atoms with Crippen LogP contribution in [0.5, 0.6) is 0 Å². The maximum Gasteiger partial charge on any atom is 0.321 e. The molecule has 114 valence electrons. The fourth-order valence-electron chi connectivity index (χ4n) is 2.50. The zero-order valence-electron chi connectivity index (χ0n) is 12.1. The number of nitrogens with zero attached hydrogens (tertiary/aromatic N) is 1. The molecular formula is C15H19BrN2O3. The molecule has 2 amide bonds. The van der Waals surface area contributed by atoms with Gasteiger partial charge in [0.1, 0.15) is 0 Å². The van der Waals surface area contributed by atoms with Crippen molar-refractivity contribution in [1.29, 1.82) is 0 Å². The minimum Gasteiger partial charge on any atom is -0.481 e. The molecule has 0 radical (unpaired) electrons. The van der Waals surface area contributed by atoms with E-state index in [9.17, 15) is 14.7 Å². The number of halogens is 1. The van der Waals surface area contributed by atoms with Gasteiger partial charge < -0.3 is 15.3 Å². The number of aliphatic carboxylic acids is 1. The molecule has 1 saturated heterocycles. The molecule has 21 heavy (non-hydrogen) atoms. The minimum atomic E-state index is -0.861. The predicted octanol–water partition coefficient (Wildman–Crippen LogP) is 3.48. The minimum absolute atomic E-state index is 0.234. The predicted molar refractivity (Wildman–Crippen MR) is 84.4 cm³/mol. The average Bonchev–Trinajstić information content (AvgIpc) is 2.41. The lowest BCUT2D eigenvalue weighted by molar-refractivity contribution is -0.150. The Bertz CT molecular complexity index is 576. The summed E-state index contributed by atoms with van der Waals surface area (Å²) in [5.74, 6) is -0.850. The lowest BCUT2D eigenvalue weighted by atomic mass is 9.82. The summed E-state index contributed by atoms with van der Waals surface area (Å²) in [6.45, 7) is 4.48. The van der Waals surface area contributed by atoms with Crippen LogP contribution in [0.3, 0.4) is 0 Å². The summed E-state index contributed by atoms with van der Waals surface area (Å²) < 4.78 is 0.814. The van der Waals surface area contributed by atoms with Crippen molar-refractivity contribution >= 4 is 33.6 Å². The number of nitrogens with one attached hydrogen (secondary N) is 1. The third kappa shape index (κ3) is 3.56. The number of carbonyl (C=O) groups excluding carboxylic acids is 1. The summed E-state index contributed by atoms with van der Waals surface area (Å²) in [6, 6.07) is 5.41. The summed E-state index contributed by atoms with van der Waals surface area (Å²) in [7, 11) is 0. The first-order valence-corrected chi connectivity index (χ1v) is 7.67. The normalized spacial score (nSPS) is 22.0. The zero-order valence-corrected chi connectivity index (χ0v) is 13.7. The number of benzene rings is 1. The van der Waals surface area contributed by atoms with Crippen molar-refractivity contribution in [2.75, 3.05) is 18.4 Å². The van der Waals surface area contributed by atoms with E-state index in [-0.39, 0.29) is 12.6 Å². The third-order valence-electron chi connectivity index (χ3n) is 3.87. The van der Waals surface area contributed by atoms with Crippen molar-refractivity contribution in [2.45, 2.75) is 26.7 Å². The SMILES string of the molecule is Cc1ccc(NC(=O)N2CCCC(C)(C(=O)O)C2)c(Br)c1. The van der Waals surface area contributed by atoms with E-state index in [1.807, 2.05) is 25.1 Å². The molecule has 0 aromatic heterocycles. The lowest BCUT2D eigenvalue weighted by Crippen LogP contribution is -2.49. The number of urea groups is 1. The number of hydrogen-bond acceptors (Lipinski definition) is 2. The van der Waals surface area contributed by atoms with Crippen molar-refractivity contribution in [1.82, 2.24) is 4.90 Å². The maximum absolute atomic E-state index is 12.3. The van der Waals surface area contributed by atoms with Crippen LogP contribution in [0.1, 0.15) is 25.3 Å². The Balaban J connectivity index is 2.08. The molecule has 0 spiro atoms. The first kappa shape index (κ1) is 15.8. The van der Waals surface area contributed by atoms with Crippen LogP contribution in [-0.2, 0) is 4.79 Å². The first-order chi connectivity index (χ1) is 9.82. The summed E-state index contributed by atoms with van der Waals surface area (Å²) in [4.78, 5) is 25.2. The second kappa shape index (κ2) is 6.05. The molecule has 1 aromatic rings. The Morgan fingerprint density at radius 2 is 2.14 bits per heavy atom. The number of aryl methyl sites for hydroxylation is 1. The molecule has 1 atom stereocenters. The van der Waals surface area contributed by atoms with Crippen molar-refractivity contribution in [2.24, 2.45) is 5.41 Å². The number of hydrogen-bond donors (Lipinski definition) is 2. The van der Waals surface area contributed by atoms with Gasteiger partial charge in [0.25, 0.3) is 0 Å². The molecule has 1 aromatic carbocycles. The highest BCUT2D eigenvalue weighted by molar-refractivity contribution is 9.10. The fraction of sp³-hybridized carbons (Fsp3) is 0.467. The summed E-state index contributed by atoms with van der Waals surface area (Å²) in [6.07, 6.45) is 1.30. The van der Waals surface area contributed by atoms with Crippen LogP contribution < -0.4 is 5.32 Å². The Morgan fingerprint density at radius 1 is 1.43 bits per heavy atom. The van der Waals surface area contributed by atoms with Crippen molar-refractivity contribution in [3.8, 4) is 0 Å². The van der Waals surface area contributed by atoms with Crippen LogP contribution in [0.15, 0.2) is 22.7 Å². The highest BCUT2D eigenvalue weighted by Crippen LogP contribution is 2.30. The molecule has 0 bridgehead atoms. The number of rotatable bonds is 2. The maximum atomic E-state index is 12.3.